The second kappa shape index (κ2) is 4.05. The lowest BCUT2D eigenvalue weighted by molar-refractivity contribution is -0.132. The van der Waals surface area contributed by atoms with Crippen molar-refractivity contribution in [2.45, 2.75) is 24.9 Å². The van der Waals surface area contributed by atoms with Crippen molar-refractivity contribution in [2.24, 2.45) is 0 Å². The number of rotatable bonds is 2. The molecule has 0 aromatic rings. The molecule has 0 radical (unpaired) electrons. The highest BCUT2D eigenvalue weighted by atomic mass is 19.1. The fraction of sp³-hybridized carbons (Fsp3) is 0.889. The molecule has 0 spiro atoms. The van der Waals surface area contributed by atoms with Gasteiger partial charge in [0.2, 0.25) is 5.91 Å². The fourth-order valence-corrected chi connectivity index (χ4v) is 1.51. The van der Waals surface area contributed by atoms with Crippen molar-refractivity contribution in [2.75, 3.05) is 27.2 Å². The minimum absolute atomic E-state index is 0.00694. The number of carbonyl (C=O) groups excluding carboxylic acids is 1. The van der Waals surface area contributed by atoms with Gasteiger partial charge < -0.3 is 10.2 Å². The number of hydrogen-bond acceptors (Lipinski definition) is 2. The van der Waals surface area contributed by atoms with Crippen LogP contribution in [0.5, 0.6) is 0 Å². The van der Waals surface area contributed by atoms with E-state index in [2.05, 4.69) is 5.32 Å². The van der Waals surface area contributed by atoms with E-state index < -0.39 is 5.67 Å². The Morgan fingerprint density at radius 2 is 2.31 bits per heavy atom. The van der Waals surface area contributed by atoms with Gasteiger partial charge in [-0.15, -0.1) is 0 Å². The van der Waals surface area contributed by atoms with E-state index in [9.17, 15) is 9.18 Å². The number of carbonyl (C=O) groups is 1. The summed E-state index contributed by atoms with van der Waals surface area (Å²) in [7, 11) is 3.31. The number of nitrogens with one attached hydrogen (secondary N) is 1. The van der Waals surface area contributed by atoms with Gasteiger partial charge in [-0.1, -0.05) is 0 Å². The van der Waals surface area contributed by atoms with Gasteiger partial charge in [-0.05, 0) is 19.4 Å². The summed E-state index contributed by atoms with van der Waals surface area (Å²) in [6.07, 6.45) is 1.32. The molecule has 1 amide bonds. The van der Waals surface area contributed by atoms with Crippen molar-refractivity contribution in [3.05, 3.63) is 0 Å². The Morgan fingerprint density at radius 3 is 2.77 bits per heavy atom. The van der Waals surface area contributed by atoms with Gasteiger partial charge in [0, 0.05) is 20.6 Å². The standard InChI is InChI=1S/C9H17FN2O/c1-12(2)8(13)6-9(10)4-3-5-11-7-9/h11H,3-7H2,1-2H3. The first-order valence-electron chi connectivity index (χ1n) is 4.63. The molecule has 0 bridgehead atoms. The first kappa shape index (κ1) is 10.4. The lowest BCUT2D eigenvalue weighted by Crippen LogP contribution is -2.45. The van der Waals surface area contributed by atoms with E-state index in [0.29, 0.717) is 13.0 Å². The first-order valence-corrected chi connectivity index (χ1v) is 4.63. The normalized spacial score (nSPS) is 28.5. The van der Waals surface area contributed by atoms with Gasteiger partial charge >= 0.3 is 0 Å². The highest BCUT2D eigenvalue weighted by molar-refractivity contribution is 5.76. The van der Waals surface area contributed by atoms with E-state index in [1.807, 2.05) is 0 Å². The predicted octanol–water partition coefficient (Wildman–Crippen LogP) is 0.556. The summed E-state index contributed by atoms with van der Waals surface area (Å²) in [4.78, 5) is 12.7. The monoisotopic (exact) mass is 188 g/mol. The Morgan fingerprint density at radius 1 is 1.62 bits per heavy atom. The van der Waals surface area contributed by atoms with Crippen LogP contribution in [-0.2, 0) is 4.79 Å². The topological polar surface area (TPSA) is 32.3 Å². The third-order valence-corrected chi connectivity index (χ3v) is 2.39. The lowest BCUT2D eigenvalue weighted by Gasteiger charge is -2.30. The fourth-order valence-electron chi connectivity index (χ4n) is 1.51. The van der Waals surface area contributed by atoms with Crippen LogP contribution >= 0.6 is 0 Å². The smallest absolute Gasteiger partial charge is 0.225 e. The van der Waals surface area contributed by atoms with E-state index in [-0.39, 0.29) is 12.3 Å². The molecule has 1 aliphatic heterocycles. The number of piperidine rings is 1. The summed E-state index contributed by atoms with van der Waals surface area (Å²) in [5.41, 5.74) is -1.32. The SMILES string of the molecule is CN(C)C(=O)CC1(F)CCCNC1. The van der Waals surface area contributed by atoms with Crippen molar-refractivity contribution in [1.29, 1.82) is 0 Å². The largest absolute Gasteiger partial charge is 0.349 e. The zero-order chi connectivity index (χ0) is 9.90. The van der Waals surface area contributed by atoms with Crippen molar-refractivity contribution < 1.29 is 9.18 Å². The summed E-state index contributed by atoms with van der Waals surface area (Å²) in [6, 6.07) is 0. The highest BCUT2D eigenvalue weighted by Gasteiger charge is 2.34. The van der Waals surface area contributed by atoms with Crippen molar-refractivity contribution >= 4 is 5.91 Å². The second-order valence-electron chi connectivity index (χ2n) is 3.90. The summed E-state index contributed by atoms with van der Waals surface area (Å²) in [5.74, 6) is -0.133. The van der Waals surface area contributed by atoms with Crippen LogP contribution in [0.15, 0.2) is 0 Å². The van der Waals surface area contributed by atoms with Gasteiger partial charge in [-0.3, -0.25) is 4.79 Å². The van der Waals surface area contributed by atoms with Gasteiger partial charge in [0.25, 0.3) is 0 Å². The molecule has 1 heterocycles. The van der Waals surface area contributed by atoms with E-state index in [1.54, 1.807) is 14.1 Å². The first-order chi connectivity index (χ1) is 6.03. The highest BCUT2D eigenvalue weighted by Crippen LogP contribution is 2.25. The van der Waals surface area contributed by atoms with Crippen LogP contribution in [-0.4, -0.2) is 43.7 Å². The number of hydrogen-bond donors (Lipinski definition) is 1. The molecular formula is C9H17FN2O. The van der Waals surface area contributed by atoms with E-state index >= 15 is 0 Å². The summed E-state index contributed by atoms with van der Waals surface area (Å²) < 4.78 is 13.9. The minimum Gasteiger partial charge on any atom is -0.349 e. The van der Waals surface area contributed by atoms with E-state index in [4.69, 9.17) is 0 Å². The molecule has 1 saturated heterocycles. The molecule has 0 aliphatic carbocycles. The summed E-state index contributed by atoms with van der Waals surface area (Å²) >= 11 is 0. The zero-order valence-corrected chi connectivity index (χ0v) is 8.27. The molecule has 3 nitrogen and oxygen atoms in total. The Balaban J connectivity index is 2.45. The van der Waals surface area contributed by atoms with E-state index in [1.165, 1.54) is 4.90 Å². The molecule has 1 rings (SSSR count). The van der Waals surface area contributed by atoms with E-state index in [0.717, 1.165) is 13.0 Å². The molecule has 1 N–H and O–H groups in total. The Labute approximate surface area is 78.3 Å². The molecule has 0 aromatic heterocycles. The Hall–Kier alpha value is -0.640. The molecule has 1 atom stereocenters. The average molecular weight is 188 g/mol. The van der Waals surface area contributed by atoms with Crippen molar-refractivity contribution in [3.8, 4) is 0 Å². The second-order valence-corrected chi connectivity index (χ2v) is 3.90. The Bertz CT molecular complexity index is 188. The molecule has 4 heteroatoms. The molecule has 1 aliphatic rings. The maximum absolute atomic E-state index is 13.9. The summed E-state index contributed by atoms with van der Waals surface area (Å²) in [6.45, 7) is 1.18. The van der Waals surface area contributed by atoms with Crippen LogP contribution in [0.3, 0.4) is 0 Å². The van der Waals surface area contributed by atoms with Crippen LogP contribution in [0, 0.1) is 0 Å². The predicted molar refractivity (Wildman–Crippen MR) is 49.3 cm³/mol. The third kappa shape index (κ3) is 2.95. The molecular weight excluding hydrogens is 171 g/mol. The average Bonchev–Trinajstić information content (AvgIpc) is 2.04. The Kier molecular flexibility index (Phi) is 3.25. The summed E-state index contributed by atoms with van der Waals surface area (Å²) in [5, 5.41) is 2.97. The van der Waals surface area contributed by atoms with Crippen LogP contribution in [0.2, 0.25) is 0 Å². The molecule has 1 fully saturated rings. The van der Waals surface area contributed by atoms with Crippen LogP contribution in [0.1, 0.15) is 19.3 Å². The number of nitrogens with zero attached hydrogens (tertiary/aromatic N) is 1. The van der Waals surface area contributed by atoms with Crippen molar-refractivity contribution in [3.63, 3.8) is 0 Å². The van der Waals surface area contributed by atoms with Crippen LogP contribution < -0.4 is 5.32 Å². The number of halogens is 1. The van der Waals surface area contributed by atoms with Gasteiger partial charge in [0.15, 0.2) is 0 Å². The molecule has 76 valence electrons. The van der Waals surface area contributed by atoms with Gasteiger partial charge in [0.05, 0.1) is 6.42 Å². The maximum Gasteiger partial charge on any atom is 0.225 e. The molecule has 1 unspecified atom stereocenters. The molecule has 0 saturated carbocycles. The quantitative estimate of drug-likeness (QED) is 0.686. The van der Waals surface area contributed by atoms with Gasteiger partial charge in [-0.2, -0.15) is 0 Å². The third-order valence-electron chi connectivity index (χ3n) is 2.39. The van der Waals surface area contributed by atoms with Crippen LogP contribution in [0.4, 0.5) is 4.39 Å². The lowest BCUT2D eigenvalue weighted by atomic mass is 9.92. The number of alkyl halides is 1. The van der Waals surface area contributed by atoms with Gasteiger partial charge in [-0.25, -0.2) is 4.39 Å². The molecule has 13 heavy (non-hydrogen) atoms. The van der Waals surface area contributed by atoms with Crippen LogP contribution in [0.25, 0.3) is 0 Å². The molecule has 0 aromatic carbocycles. The van der Waals surface area contributed by atoms with Gasteiger partial charge in [0.1, 0.15) is 5.67 Å². The minimum atomic E-state index is -1.32. The zero-order valence-electron chi connectivity index (χ0n) is 8.27. The number of amides is 1. The maximum atomic E-state index is 13.9. The van der Waals surface area contributed by atoms with Crippen molar-refractivity contribution in [1.82, 2.24) is 10.2 Å².